The lowest BCUT2D eigenvalue weighted by atomic mass is 9.81. The van der Waals surface area contributed by atoms with Crippen LogP contribution in [0, 0.1) is 0 Å². The van der Waals surface area contributed by atoms with Crippen LogP contribution in [0.25, 0.3) is 0 Å². The zero-order valence-corrected chi connectivity index (χ0v) is 4.62. The van der Waals surface area contributed by atoms with Crippen molar-refractivity contribution in [1.29, 1.82) is 0 Å². The summed E-state index contributed by atoms with van der Waals surface area (Å²) >= 11 is 0. The zero-order valence-electron chi connectivity index (χ0n) is 4.62. The summed E-state index contributed by atoms with van der Waals surface area (Å²) < 4.78 is 0. The molecule has 1 aromatic carbocycles. The van der Waals surface area contributed by atoms with Crippen molar-refractivity contribution in [2.75, 3.05) is 0 Å². The molecule has 0 aliphatic heterocycles. The molecule has 36 valence electrons. The van der Waals surface area contributed by atoms with Crippen molar-refractivity contribution in [3.63, 3.8) is 0 Å². The topological polar surface area (TPSA) is 0 Å². The average molecular weight is 99.7 g/mol. The van der Waals surface area contributed by atoms with E-state index < -0.39 is 0 Å². The molecule has 0 spiro atoms. The van der Waals surface area contributed by atoms with E-state index in [0.717, 1.165) is 0 Å². The molecule has 0 amide bonds. The molecule has 0 aliphatic rings. The zero-order chi connectivity index (χ0) is 6.24. The van der Waals surface area contributed by atoms with Crippen LogP contribution in [0.4, 0.5) is 0 Å². The Morgan fingerprint density at radius 2 is 0.625 bits per heavy atom. The summed E-state index contributed by atoms with van der Waals surface area (Å²) in [6, 6.07) is 12.0. The van der Waals surface area contributed by atoms with E-state index in [1.165, 1.54) is 0 Å². The molecule has 1 rings (SSSR count). The van der Waals surface area contributed by atoms with Crippen LogP contribution in [-0.2, 0) is 0 Å². The standard InChI is InChI=1S/C6H6.B2/c1-2-4-6-5-3-1;1-2/h1-6H;. The maximum atomic E-state index is 4.00. The van der Waals surface area contributed by atoms with Crippen LogP contribution in [-0.4, -0.2) is 15.5 Å². The number of hydrogen-bond donors (Lipinski definition) is 0. The van der Waals surface area contributed by atoms with E-state index in [2.05, 4.69) is 15.5 Å². The van der Waals surface area contributed by atoms with Gasteiger partial charge < -0.3 is 0 Å². The highest BCUT2D eigenvalue weighted by Gasteiger charge is 1.57. The largest absolute Gasteiger partial charge is 0.0623 e. The van der Waals surface area contributed by atoms with E-state index in [4.69, 9.17) is 0 Å². The van der Waals surface area contributed by atoms with E-state index >= 15 is 0 Å². The van der Waals surface area contributed by atoms with Crippen molar-refractivity contribution in [3.05, 3.63) is 36.4 Å². The Labute approximate surface area is 52.7 Å². The van der Waals surface area contributed by atoms with Gasteiger partial charge >= 0.3 is 0 Å². The van der Waals surface area contributed by atoms with Crippen LogP contribution in [0.1, 0.15) is 0 Å². The third kappa shape index (κ3) is 3.54. The molecule has 0 saturated heterocycles. The summed E-state index contributed by atoms with van der Waals surface area (Å²) in [5.41, 5.74) is 0. The number of benzene rings is 1. The van der Waals surface area contributed by atoms with Crippen LogP contribution in [0.3, 0.4) is 0 Å². The van der Waals surface area contributed by atoms with E-state index in [1.807, 2.05) is 36.4 Å². The summed E-state index contributed by atoms with van der Waals surface area (Å²) in [6.07, 6.45) is 0. The fourth-order valence-electron chi connectivity index (χ4n) is 0.385. The highest BCUT2D eigenvalue weighted by molar-refractivity contribution is 6.75. The molecule has 0 bridgehead atoms. The number of hydrogen-bond acceptors (Lipinski definition) is 0. The summed E-state index contributed by atoms with van der Waals surface area (Å²) in [6.45, 7) is 0. The van der Waals surface area contributed by atoms with E-state index in [1.54, 1.807) is 0 Å². The first-order valence-electron chi connectivity index (χ1n) is 2.33. The van der Waals surface area contributed by atoms with Gasteiger partial charge in [-0.2, -0.15) is 0 Å². The number of rotatable bonds is 0. The van der Waals surface area contributed by atoms with Crippen molar-refractivity contribution in [3.8, 4) is 0 Å². The first kappa shape index (κ1) is 7.35. The van der Waals surface area contributed by atoms with Crippen LogP contribution in [0.5, 0.6) is 0 Å². The van der Waals surface area contributed by atoms with E-state index in [0.29, 0.717) is 0 Å². The molecule has 2 heteroatoms. The van der Waals surface area contributed by atoms with Gasteiger partial charge in [0.2, 0.25) is 0 Å². The highest BCUT2D eigenvalue weighted by atomic mass is 13.6. The maximum absolute atomic E-state index is 4.00. The molecule has 1 aromatic rings. The minimum atomic E-state index is 2.00. The molecule has 0 fully saturated rings. The second-order valence-electron chi connectivity index (χ2n) is 1.15. The van der Waals surface area contributed by atoms with Gasteiger partial charge in [0.05, 0.1) is 0 Å². The summed E-state index contributed by atoms with van der Waals surface area (Å²) in [4.78, 5) is 0. The highest BCUT2D eigenvalue weighted by Crippen LogP contribution is 1.79. The molecule has 0 atom stereocenters. The van der Waals surface area contributed by atoms with Gasteiger partial charge in [0.15, 0.2) is 0 Å². The Kier molecular flexibility index (Phi) is 5.83. The van der Waals surface area contributed by atoms with Crippen LogP contribution in [0.15, 0.2) is 36.4 Å². The Morgan fingerprint density at radius 3 is 0.750 bits per heavy atom. The van der Waals surface area contributed by atoms with Gasteiger partial charge in [0.1, 0.15) is 0 Å². The summed E-state index contributed by atoms with van der Waals surface area (Å²) in [5, 5.41) is 0. The molecule has 0 N–H and O–H groups in total. The second-order valence-corrected chi connectivity index (χ2v) is 1.15. The van der Waals surface area contributed by atoms with Crippen molar-refractivity contribution in [2.45, 2.75) is 0 Å². The molecular weight excluding hydrogens is 93.7 g/mol. The van der Waals surface area contributed by atoms with Gasteiger partial charge in [0, 0.05) is 15.5 Å². The van der Waals surface area contributed by atoms with Crippen molar-refractivity contribution in [1.82, 2.24) is 0 Å². The van der Waals surface area contributed by atoms with Crippen molar-refractivity contribution in [2.24, 2.45) is 0 Å². The Balaban J connectivity index is 0.000000222. The van der Waals surface area contributed by atoms with E-state index in [-0.39, 0.29) is 0 Å². The molecule has 4 radical (unpaired) electrons. The Bertz CT molecular complexity index is 78.5. The Morgan fingerprint density at radius 1 is 0.500 bits per heavy atom. The predicted octanol–water partition coefficient (Wildman–Crippen LogP) is 0.925. The maximum Gasteiger partial charge on any atom is 0 e. The minimum absolute atomic E-state index is 2.00. The molecule has 0 unspecified atom stereocenters. The lowest BCUT2D eigenvalue weighted by Crippen LogP contribution is -1.47. The lowest BCUT2D eigenvalue weighted by molar-refractivity contribution is 1.72. The van der Waals surface area contributed by atoms with Gasteiger partial charge in [-0.25, -0.2) is 0 Å². The van der Waals surface area contributed by atoms with Crippen LogP contribution < -0.4 is 0 Å². The van der Waals surface area contributed by atoms with Crippen molar-refractivity contribution < 1.29 is 0 Å². The quantitative estimate of drug-likeness (QED) is 0.425. The molecule has 0 saturated carbocycles. The summed E-state index contributed by atoms with van der Waals surface area (Å²) in [7, 11) is 8.00. The summed E-state index contributed by atoms with van der Waals surface area (Å²) in [5.74, 6) is 0. The fraction of sp³-hybridized carbons (Fsp3) is 0. The van der Waals surface area contributed by atoms with Crippen LogP contribution in [0.2, 0.25) is 0 Å². The predicted molar refractivity (Wildman–Crippen MR) is 38.0 cm³/mol. The average Bonchev–Trinajstić information content (AvgIpc) is 1.96. The molecular formula is C6H6B2. The normalized spacial score (nSPS) is 6.50. The lowest BCUT2D eigenvalue weighted by Gasteiger charge is -1.69. The van der Waals surface area contributed by atoms with Gasteiger partial charge in [-0.15, -0.1) is 0 Å². The molecule has 0 aliphatic carbocycles. The minimum Gasteiger partial charge on any atom is -0.0623 e. The fourth-order valence-corrected chi connectivity index (χ4v) is 0.385. The van der Waals surface area contributed by atoms with Gasteiger partial charge in [0.25, 0.3) is 0 Å². The molecule has 0 nitrogen and oxygen atoms in total. The first-order valence-corrected chi connectivity index (χ1v) is 2.33. The van der Waals surface area contributed by atoms with Crippen LogP contribution >= 0.6 is 0 Å². The molecule has 0 aromatic heterocycles. The Hall–Kier alpha value is -0.650. The smallest absolute Gasteiger partial charge is 0 e. The van der Waals surface area contributed by atoms with Crippen molar-refractivity contribution >= 4 is 15.5 Å². The second kappa shape index (κ2) is 6.35. The van der Waals surface area contributed by atoms with Gasteiger partial charge in [-0.05, 0) is 0 Å². The first-order chi connectivity index (χ1) is 4.00. The molecule has 0 heterocycles. The van der Waals surface area contributed by atoms with Gasteiger partial charge in [-0.3, -0.25) is 0 Å². The third-order valence-corrected chi connectivity index (χ3v) is 0.667. The molecule has 8 heavy (non-hydrogen) atoms. The monoisotopic (exact) mass is 100 g/mol. The van der Waals surface area contributed by atoms with Gasteiger partial charge in [-0.1, -0.05) is 36.4 Å². The SMILES string of the molecule is [B][B].c1ccccc1. The van der Waals surface area contributed by atoms with E-state index in [9.17, 15) is 0 Å². The third-order valence-electron chi connectivity index (χ3n) is 0.667.